The SMILES string of the molecule is C[C@H](c1n[nH]c(=O)c2cc(F)c(F)cc12)N(C)C(=O)c1cc(F)c(F)c(F)c1. The summed E-state index contributed by atoms with van der Waals surface area (Å²) in [6, 6.07) is 1.63. The van der Waals surface area contributed by atoms with Crippen molar-refractivity contribution in [2.24, 2.45) is 0 Å². The molecule has 10 heteroatoms. The summed E-state index contributed by atoms with van der Waals surface area (Å²) in [7, 11) is 1.27. The number of halogens is 5. The minimum atomic E-state index is -1.71. The molecule has 0 saturated carbocycles. The van der Waals surface area contributed by atoms with E-state index in [0.717, 1.165) is 11.0 Å². The Morgan fingerprint density at radius 3 is 2.07 bits per heavy atom. The molecule has 0 radical (unpaired) electrons. The van der Waals surface area contributed by atoms with Gasteiger partial charge in [0.2, 0.25) is 0 Å². The maximum atomic E-state index is 13.7. The lowest BCUT2D eigenvalue weighted by Gasteiger charge is -2.25. The zero-order valence-electron chi connectivity index (χ0n) is 14.5. The Morgan fingerprint density at radius 1 is 0.964 bits per heavy atom. The molecule has 0 unspecified atom stereocenters. The second-order valence-corrected chi connectivity index (χ2v) is 6.10. The van der Waals surface area contributed by atoms with E-state index in [1.54, 1.807) is 0 Å². The minimum Gasteiger partial charge on any atom is -0.333 e. The summed E-state index contributed by atoms with van der Waals surface area (Å²) in [6.45, 7) is 1.45. The first-order valence-electron chi connectivity index (χ1n) is 7.90. The Morgan fingerprint density at radius 2 is 1.50 bits per heavy atom. The van der Waals surface area contributed by atoms with Gasteiger partial charge in [-0.15, -0.1) is 0 Å². The second kappa shape index (κ2) is 7.02. The average molecular weight is 397 g/mol. The number of rotatable bonds is 3. The molecule has 5 nitrogen and oxygen atoms in total. The summed E-state index contributed by atoms with van der Waals surface area (Å²) >= 11 is 0. The quantitative estimate of drug-likeness (QED) is 0.544. The predicted molar refractivity (Wildman–Crippen MR) is 89.1 cm³/mol. The van der Waals surface area contributed by atoms with E-state index in [1.807, 2.05) is 0 Å². The van der Waals surface area contributed by atoms with Gasteiger partial charge in [0.1, 0.15) is 0 Å². The van der Waals surface area contributed by atoms with Gasteiger partial charge in [-0.05, 0) is 31.2 Å². The van der Waals surface area contributed by atoms with Gasteiger partial charge in [0, 0.05) is 18.0 Å². The summed E-state index contributed by atoms with van der Waals surface area (Å²) in [5.74, 6) is -8.11. The van der Waals surface area contributed by atoms with Crippen LogP contribution in [0.3, 0.4) is 0 Å². The number of H-pyrrole nitrogens is 1. The van der Waals surface area contributed by atoms with Crippen molar-refractivity contribution in [2.75, 3.05) is 7.05 Å². The van der Waals surface area contributed by atoms with Gasteiger partial charge in [0.25, 0.3) is 11.5 Å². The number of nitrogens with one attached hydrogen (secondary N) is 1. The fourth-order valence-corrected chi connectivity index (χ4v) is 2.74. The molecule has 0 bridgehead atoms. The third-order valence-corrected chi connectivity index (χ3v) is 4.39. The summed E-state index contributed by atoms with van der Waals surface area (Å²) in [6.07, 6.45) is 0. The van der Waals surface area contributed by atoms with Crippen molar-refractivity contribution in [1.29, 1.82) is 0 Å². The number of amides is 1. The molecule has 0 aliphatic rings. The van der Waals surface area contributed by atoms with Crippen molar-refractivity contribution >= 4 is 16.7 Å². The molecule has 146 valence electrons. The van der Waals surface area contributed by atoms with Crippen molar-refractivity contribution in [1.82, 2.24) is 15.1 Å². The second-order valence-electron chi connectivity index (χ2n) is 6.10. The molecule has 1 heterocycles. The minimum absolute atomic E-state index is 0.0207. The topological polar surface area (TPSA) is 66.1 Å². The lowest BCUT2D eigenvalue weighted by atomic mass is 10.0. The monoisotopic (exact) mass is 397 g/mol. The number of aromatic nitrogens is 2. The van der Waals surface area contributed by atoms with Crippen molar-refractivity contribution in [3.05, 3.63) is 75.0 Å². The maximum Gasteiger partial charge on any atom is 0.272 e. The zero-order valence-corrected chi connectivity index (χ0v) is 14.5. The van der Waals surface area contributed by atoms with E-state index in [2.05, 4.69) is 10.2 Å². The van der Waals surface area contributed by atoms with E-state index in [0.29, 0.717) is 18.2 Å². The van der Waals surface area contributed by atoms with Crippen LogP contribution in [-0.2, 0) is 0 Å². The third kappa shape index (κ3) is 3.21. The predicted octanol–water partition coefficient (Wildman–Crippen LogP) is 3.45. The van der Waals surface area contributed by atoms with Gasteiger partial charge in [-0.1, -0.05) is 0 Å². The number of aromatic amines is 1. The van der Waals surface area contributed by atoms with Crippen LogP contribution in [0.25, 0.3) is 10.8 Å². The summed E-state index contributed by atoms with van der Waals surface area (Å²) in [5.41, 5.74) is -1.20. The van der Waals surface area contributed by atoms with Gasteiger partial charge in [-0.25, -0.2) is 27.1 Å². The fourth-order valence-electron chi connectivity index (χ4n) is 2.74. The molecule has 0 fully saturated rings. The number of hydrogen-bond acceptors (Lipinski definition) is 3. The Hall–Kier alpha value is -3.30. The Balaban J connectivity index is 2.05. The van der Waals surface area contributed by atoms with Crippen LogP contribution in [0.5, 0.6) is 0 Å². The highest BCUT2D eigenvalue weighted by Gasteiger charge is 2.25. The normalized spacial score (nSPS) is 12.2. The molecule has 0 aliphatic carbocycles. The number of fused-ring (bicyclic) bond motifs is 1. The van der Waals surface area contributed by atoms with Gasteiger partial charge in [-0.3, -0.25) is 9.59 Å². The van der Waals surface area contributed by atoms with Crippen LogP contribution in [-0.4, -0.2) is 28.1 Å². The molecular weight excluding hydrogens is 385 g/mol. The molecule has 3 aromatic rings. The highest BCUT2D eigenvalue weighted by Crippen LogP contribution is 2.26. The van der Waals surface area contributed by atoms with Crippen LogP contribution in [0.1, 0.15) is 29.0 Å². The summed E-state index contributed by atoms with van der Waals surface area (Å²) in [5, 5.41) is 5.70. The largest absolute Gasteiger partial charge is 0.333 e. The van der Waals surface area contributed by atoms with E-state index in [-0.39, 0.29) is 16.5 Å². The number of nitrogens with zero attached hydrogens (tertiary/aromatic N) is 2. The van der Waals surface area contributed by atoms with E-state index in [4.69, 9.17) is 0 Å². The molecule has 1 aromatic heterocycles. The summed E-state index contributed by atoms with van der Waals surface area (Å²) < 4.78 is 67.0. The van der Waals surface area contributed by atoms with E-state index < -0.39 is 52.2 Å². The van der Waals surface area contributed by atoms with Crippen LogP contribution in [0.4, 0.5) is 22.0 Å². The Labute approximate surface area is 154 Å². The lowest BCUT2D eigenvalue weighted by Crippen LogP contribution is -2.31. The van der Waals surface area contributed by atoms with Gasteiger partial charge >= 0.3 is 0 Å². The molecule has 1 N–H and O–H groups in total. The lowest BCUT2D eigenvalue weighted by molar-refractivity contribution is 0.0739. The Kier molecular flexibility index (Phi) is 4.88. The van der Waals surface area contributed by atoms with Crippen molar-refractivity contribution in [3.8, 4) is 0 Å². The molecule has 0 saturated heterocycles. The molecule has 0 spiro atoms. The molecule has 28 heavy (non-hydrogen) atoms. The first kappa shape index (κ1) is 19.5. The summed E-state index contributed by atoms with van der Waals surface area (Å²) in [4.78, 5) is 25.4. The molecular formula is C18H12F5N3O2. The molecule has 2 aromatic carbocycles. The smallest absolute Gasteiger partial charge is 0.272 e. The highest BCUT2D eigenvalue weighted by atomic mass is 19.2. The van der Waals surface area contributed by atoms with E-state index in [9.17, 15) is 31.5 Å². The third-order valence-electron chi connectivity index (χ3n) is 4.39. The Bertz CT molecular complexity index is 1140. The van der Waals surface area contributed by atoms with Crippen LogP contribution in [0, 0.1) is 29.1 Å². The highest BCUT2D eigenvalue weighted by molar-refractivity contribution is 5.94. The van der Waals surface area contributed by atoms with Crippen molar-refractivity contribution in [2.45, 2.75) is 13.0 Å². The van der Waals surface area contributed by atoms with Crippen molar-refractivity contribution < 1.29 is 26.7 Å². The fraction of sp³-hybridized carbons (Fsp3) is 0.167. The van der Waals surface area contributed by atoms with Crippen LogP contribution < -0.4 is 5.56 Å². The van der Waals surface area contributed by atoms with Crippen LogP contribution >= 0.6 is 0 Å². The van der Waals surface area contributed by atoms with E-state index in [1.165, 1.54) is 14.0 Å². The number of benzene rings is 2. The molecule has 3 rings (SSSR count). The first-order chi connectivity index (χ1) is 13.1. The number of hydrogen-bond donors (Lipinski definition) is 1. The van der Waals surface area contributed by atoms with E-state index >= 15 is 0 Å². The zero-order chi connectivity index (χ0) is 20.7. The van der Waals surface area contributed by atoms with Gasteiger partial charge in [0.05, 0.1) is 17.1 Å². The maximum absolute atomic E-state index is 13.7. The first-order valence-corrected chi connectivity index (χ1v) is 7.90. The van der Waals surface area contributed by atoms with Crippen LogP contribution in [0.15, 0.2) is 29.1 Å². The average Bonchev–Trinajstić information content (AvgIpc) is 2.66. The molecule has 1 amide bonds. The number of carbonyl (C=O) groups excluding carboxylic acids is 1. The standard InChI is InChI=1S/C18H12F5N3O2/c1-7(26(2)18(28)8-3-13(21)15(23)14(22)4-8)16-9-5-11(19)12(20)6-10(9)17(27)25-24-16/h3-7H,1-2H3,(H,25,27)/t7-/m1/s1. The molecule has 1 atom stereocenters. The van der Waals surface area contributed by atoms with Crippen molar-refractivity contribution in [3.63, 3.8) is 0 Å². The molecule has 0 aliphatic heterocycles. The number of carbonyl (C=O) groups is 1. The van der Waals surface area contributed by atoms with Gasteiger partial charge < -0.3 is 4.90 Å². The van der Waals surface area contributed by atoms with Gasteiger partial charge in [-0.2, -0.15) is 5.10 Å². The van der Waals surface area contributed by atoms with Crippen LogP contribution in [0.2, 0.25) is 0 Å². The van der Waals surface area contributed by atoms with Gasteiger partial charge in [0.15, 0.2) is 29.1 Å².